The highest BCUT2D eigenvalue weighted by atomic mass is 16.2. The Kier molecular flexibility index (Phi) is 2.61. The van der Waals surface area contributed by atoms with Gasteiger partial charge in [-0.3, -0.25) is 9.59 Å². The molecule has 1 N–H and O–H groups in total. The molecule has 0 aliphatic rings. The first-order valence-electron chi connectivity index (χ1n) is 2.11. The van der Waals surface area contributed by atoms with Gasteiger partial charge in [-0.25, -0.2) is 5.43 Å². The summed E-state index contributed by atoms with van der Waals surface area (Å²) in [6.45, 7) is 2.54. The molecule has 0 saturated heterocycles. The smallest absolute Gasteiger partial charge is 0.259 e. The number of nitrogens with zero attached hydrogens (tertiary/aromatic N) is 1. The highest BCUT2D eigenvalue weighted by Gasteiger charge is 1.92. The summed E-state index contributed by atoms with van der Waals surface area (Å²) in [7, 11) is 0. The molecule has 4 nitrogen and oxygen atoms in total. The van der Waals surface area contributed by atoms with Gasteiger partial charge in [0.15, 0.2) is 0 Å². The van der Waals surface area contributed by atoms with Crippen molar-refractivity contribution < 1.29 is 9.59 Å². The fourth-order valence-corrected chi connectivity index (χ4v) is 0.157. The SMILES string of the molecule is CC(=O)[N]NC(C)=O. The molecule has 0 aliphatic heterocycles. The van der Waals surface area contributed by atoms with E-state index < -0.39 is 5.91 Å². The lowest BCUT2D eigenvalue weighted by atomic mass is 10.7. The Labute approximate surface area is 47.2 Å². The lowest BCUT2D eigenvalue weighted by Gasteiger charge is -1.93. The third kappa shape index (κ3) is 4.94. The van der Waals surface area contributed by atoms with Gasteiger partial charge in [0.1, 0.15) is 0 Å². The summed E-state index contributed by atoms with van der Waals surface area (Å²) in [5, 5.41) is 0. The maximum atomic E-state index is 9.99. The first-order valence-corrected chi connectivity index (χ1v) is 2.11. The van der Waals surface area contributed by atoms with Gasteiger partial charge in [-0.05, 0) is 0 Å². The summed E-state index contributed by atoms with van der Waals surface area (Å²) in [5.74, 6) is -0.736. The van der Waals surface area contributed by atoms with E-state index >= 15 is 0 Å². The standard InChI is InChI=1S/C4H7N2O2/c1-3(7)5-6-4(2)8/h1-2H3,(H,5,7). The van der Waals surface area contributed by atoms with E-state index in [0.29, 0.717) is 0 Å². The monoisotopic (exact) mass is 115 g/mol. The Morgan fingerprint density at radius 3 is 2.00 bits per heavy atom. The number of carbonyl (C=O) groups is 2. The van der Waals surface area contributed by atoms with Crippen molar-refractivity contribution in [2.45, 2.75) is 13.8 Å². The zero-order valence-electron chi connectivity index (χ0n) is 4.76. The third-order valence-corrected chi connectivity index (χ3v) is 0.371. The Balaban J connectivity index is 3.18. The van der Waals surface area contributed by atoms with Crippen LogP contribution in [0, 0.1) is 0 Å². The topological polar surface area (TPSA) is 60.3 Å². The second-order valence-electron chi connectivity index (χ2n) is 1.30. The largest absolute Gasteiger partial charge is 0.274 e. The molecule has 0 bridgehead atoms. The van der Waals surface area contributed by atoms with Gasteiger partial charge in [0.05, 0.1) is 0 Å². The van der Waals surface area contributed by atoms with E-state index in [1.54, 1.807) is 0 Å². The van der Waals surface area contributed by atoms with Crippen LogP contribution in [0.3, 0.4) is 0 Å². The molecule has 4 heteroatoms. The molecular formula is C4H7N2O2. The molecular weight excluding hydrogens is 108 g/mol. The second kappa shape index (κ2) is 3.01. The number of amides is 2. The van der Waals surface area contributed by atoms with Crippen molar-refractivity contribution >= 4 is 11.8 Å². The predicted molar refractivity (Wildman–Crippen MR) is 26.6 cm³/mol. The van der Waals surface area contributed by atoms with Crippen molar-refractivity contribution in [3.05, 3.63) is 0 Å². The van der Waals surface area contributed by atoms with E-state index in [0.717, 1.165) is 0 Å². The first kappa shape index (κ1) is 6.94. The van der Waals surface area contributed by atoms with Crippen molar-refractivity contribution in [3.8, 4) is 0 Å². The minimum absolute atomic E-state index is 0.333. The molecule has 0 fully saturated rings. The fraction of sp³-hybridized carbons (Fsp3) is 0.500. The molecule has 45 valence electrons. The van der Waals surface area contributed by atoms with E-state index in [1.807, 2.05) is 5.43 Å². The van der Waals surface area contributed by atoms with Gasteiger partial charge in [0.2, 0.25) is 5.91 Å². The van der Waals surface area contributed by atoms with E-state index in [1.165, 1.54) is 13.8 Å². The molecule has 0 spiro atoms. The van der Waals surface area contributed by atoms with E-state index in [9.17, 15) is 9.59 Å². The number of hydrogen-bond donors (Lipinski definition) is 1. The predicted octanol–water partition coefficient (Wildman–Crippen LogP) is -0.812. The van der Waals surface area contributed by atoms with Crippen molar-refractivity contribution in [3.63, 3.8) is 0 Å². The van der Waals surface area contributed by atoms with Gasteiger partial charge in [-0.1, -0.05) is 0 Å². The van der Waals surface area contributed by atoms with Crippen LogP contribution in [0.25, 0.3) is 0 Å². The van der Waals surface area contributed by atoms with Crippen LogP contribution >= 0.6 is 0 Å². The summed E-state index contributed by atoms with van der Waals surface area (Å²) in [5.41, 5.74) is 5.07. The van der Waals surface area contributed by atoms with Crippen LogP contribution in [0.5, 0.6) is 0 Å². The first-order chi connectivity index (χ1) is 3.63. The lowest BCUT2D eigenvalue weighted by molar-refractivity contribution is -0.126. The molecule has 0 unspecified atom stereocenters. The summed E-state index contributed by atoms with van der Waals surface area (Å²) < 4.78 is 0. The average Bonchev–Trinajstić information content (AvgIpc) is 1.61. The zero-order chi connectivity index (χ0) is 6.57. The van der Waals surface area contributed by atoms with Crippen molar-refractivity contribution in [2.24, 2.45) is 0 Å². The maximum Gasteiger partial charge on any atom is 0.259 e. The van der Waals surface area contributed by atoms with Crippen LogP contribution < -0.4 is 10.9 Å². The van der Waals surface area contributed by atoms with Gasteiger partial charge in [0, 0.05) is 13.8 Å². The van der Waals surface area contributed by atoms with Gasteiger partial charge < -0.3 is 0 Å². The van der Waals surface area contributed by atoms with Gasteiger partial charge in [-0.2, -0.15) is 0 Å². The molecule has 0 aromatic heterocycles. The van der Waals surface area contributed by atoms with Crippen molar-refractivity contribution in [2.75, 3.05) is 0 Å². The van der Waals surface area contributed by atoms with E-state index in [2.05, 4.69) is 5.43 Å². The summed E-state index contributed by atoms with van der Waals surface area (Å²) >= 11 is 0. The van der Waals surface area contributed by atoms with Crippen LogP contribution in [0.4, 0.5) is 0 Å². The number of carbonyl (C=O) groups excluding carboxylic acids is 2. The second-order valence-corrected chi connectivity index (χ2v) is 1.30. The van der Waals surface area contributed by atoms with Crippen LogP contribution in [0.2, 0.25) is 0 Å². The minimum Gasteiger partial charge on any atom is -0.274 e. The molecule has 0 saturated carbocycles. The number of nitrogens with one attached hydrogen (secondary N) is 1. The summed E-state index contributed by atoms with van der Waals surface area (Å²) in [6.07, 6.45) is 0. The van der Waals surface area contributed by atoms with Crippen LogP contribution in [-0.2, 0) is 9.59 Å². The quantitative estimate of drug-likeness (QED) is 0.419. The summed E-state index contributed by atoms with van der Waals surface area (Å²) in [6, 6.07) is 0. The summed E-state index contributed by atoms with van der Waals surface area (Å²) in [4.78, 5) is 20.0. The normalized spacial score (nSPS) is 7.75. The molecule has 8 heavy (non-hydrogen) atoms. The average molecular weight is 115 g/mol. The van der Waals surface area contributed by atoms with Crippen LogP contribution in [0.15, 0.2) is 0 Å². The number of hydrogen-bond acceptors (Lipinski definition) is 2. The van der Waals surface area contributed by atoms with Gasteiger partial charge in [0.25, 0.3) is 5.91 Å². The molecule has 0 rings (SSSR count). The molecule has 0 atom stereocenters. The van der Waals surface area contributed by atoms with Crippen molar-refractivity contribution in [1.29, 1.82) is 0 Å². The molecule has 0 aromatic carbocycles. The Hall–Kier alpha value is -1.06. The fourth-order valence-electron chi connectivity index (χ4n) is 0.157. The maximum absolute atomic E-state index is 9.99. The van der Waals surface area contributed by atoms with E-state index in [-0.39, 0.29) is 5.91 Å². The lowest BCUT2D eigenvalue weighted by Crippen LogP contribution is -2.31. The van der Waals surface area contributed by atoms with Gasteiger partial charge >= 0.3 is 0 Å². The number of rotatable bonds is 0. The molecule has 1 radical (unpaired) electrons. The third-order valence-electron chi connectivity index (χ3n) is 0.371. The molecule has 2 amide bonds. The van der Waals surface area contributed by atoms with Crippen molar-refractivity contribution in [1.82, 2.24) is 10.9 Å². The highest BCUT2D eigenvalue weighted by Crippen LogP contribution is 1.58. The molecule has 0 heterocycles. The Bertz CT molecular complexity index is 96.6. The van der Waals surface area contributed by atoms with Crippen LogP contribution in [-0.4, -0.2) is 11.8 Å². The van der Waals surface area contributed by atoms with E-state index in [4.69, 9.17) is 0 Å². The van der Waals surface area contributed by atoms with Crippen LogP contribution in [0.1, 0.15) is 13.8 Å². The molecule has 0 aromatic rings. The zero-order valence-corrected chi connectivity index (χ0v) is 4.76. The van der Waals surface area contributed by atoms with Gasteiger partial charge in [-0.15, -0.1) is 5.43 Å². The molecule has 0 aliphatic carbocycles. The minimum atomic E-state index is -0.403. The Morgan fingerprint density at radius 1 is 1.38 bits per heavy atom. The Morgan fingerprint density at radius 2 is 1.88 bits per heavy atom. The highest BCUT2D eigenvalue weighted by molar-refractivity contribution is 5.78.